The molecule has 0 amide bonds. The summed E-state index contributed by atoms with van der Waals surface area (Å²) in [6.45, 7) is 1.51. The van der Waals surface area contributed by atoms with Crippen LogP contribution in [0.4, 0.5) is 13.2 Å². The Morgan fingerprint density at radius 1 is 1.40 bits per heavy atom. The van der Waals surface area contributed by atoms with Crippen LogP contribution in [0.1, 0.15) is 17.2 Å². The van der Waals surface area contributed by atoms with Crippen molar-refractivity contribution in [3.05, 3.63) is 27.7 Å². The van der Waals surface area contributed by atoms with Crippen LogP contribution in [0.15, 0.2) is 16.6 Å². The van der Waals surface area contributed by atoms with Crippen molar-refractivity contribution in [2.75, 3.05) is 0 Å². The minimum absolute atomic E-state index is 0.325. The molecule has 0 heterocycles. The fraction of sp³-hybridized carbons (Fsp3) is 0.333. The summed E-state index contributed by atoms with van der Waals surface area (Å²) < 4.78 is 37.4. The first kappa shape index (κ1) is 12.3. The SMILES string of the molecule is Cc1cc(Br)cc([C@H](N)C(F)(F)F)c1O. The molecule has 0 saturated carbocycles. The van der Waals surface area contributed by atoms with E-state index in [0.717, 1.165) is 0 Å². The van der Waals surface area contributed by atoms with Gasteiger partial charge in [-0.25, -0.2) is 0 Å². The van der Waals surface area contributed by atoms with E-state index >= 15 is 0 Å². The van der Waals surface area contributed by atoms with Crippen LogP contribution < -0.4 is 5.73 Å². The normalized spacial score (nSPS) is 14.0. The number of phenolic OH excluding ortho intramolecular Hbond substituents is 1. The molecular formula is C9H9BrF3NO. The molecule has 1 aromatic carbocycles. The number of benzene rings is 1. The van der Waals surface area contributed by atoms with Gasteiger partial charge in [0.2, 0.25) is 0 Å². The van der Waals surface area contributed by atoms with Crippen molar-refractivity contribution in [2.45, 2.75) is 19.1 Å². The lowest BCUT2D eigenvalue weighted by atomic mass is 10.0. The zero-order valence-corrected chi connectivity index (χ0v) is 9.35. The van der Waals surface area contributed by atoms with Gasteiger partial charge in [-0.3, -0.25) is 0 Å². The third kappa shape index (κ3) is 2.63. The summed E-state index contributed by atoms with van der Waals surface area (Å²) in [6, 6.07) is 0.510. The topological polar surface area (TPSA) is 46.2 Å². The molecule has 0 bridgehead atoms. The number of alkyl halides is 3. The van der Waals surface area contributed by atoms with Crippen molar-refractivity contribution in [1.82, 2.24) is 0 Å². The molecule has 3 N–H and O–H groups in total. The first-order chi connectivity index (χ1) is 6.73. The molecule has 1 atom stereocenters. The van der Waals surface area contributed by atoms with Crippen LogP contribution in [0, 0.1) is 6.92 Å². The van der Waals surface area contributed by atoms with Gasteiger partial charge in [-0.15, -0.1) is 0 Å². The van der Waals surface area contributed by atoms with Crippen LogP contribution in [0.25, 0.3) is 0 Å². The smallest absolute Gasteiger partial charge is 0.407 e. The molecule has 0 unspecified atom stereocenters. The number of aryl methyl sites for hydroxylation is 1. The Balaban J connectivity index is 3.25. The van der Waals surface area contributed by atoms with Crippen LogP contribution in [0.3, 0.4) is 0 Å². The van der Waals surface area contributed by atoms with Crippen LogP contribution in [-0.2, 0) is 0 Å². The zero-order valence-electron chi connectivity index (χ0n) is 7.77. The number of hydrogen-bond donors (Lipinski definition) is 2. The van der Waals surface area contributed by atoms with Gasteiger partial charge in [-0.2, -0.15) is 13.2 Å². The largest absolute Gasteiger partial charge is 0.507 e. The summed E-state index contributed by atoms with van der Waals surface area (Å²) in [5.41, 5.74) is 5.03. The fourth-order valence-electron chi connectivity index (χ4n) is 1.17. The monoisotopic (exact) mass is 283 g/mol. The van der Waals surface area contributed by atoms with E-state index in [4.69, 9.17) is 5.73 Å². The summed E-state index contributed by atoms with van der Waals surface area (Å²) in [5, 5.41) is 9.45. The Kier molecular flexibility index (Phi) is 3.30. The zero-order chi connectivity index (χ0) is 11.8. The van der Waals surface area contributed by atoms with Gasteiger partial charge in [-0.05, 0) is 24.6 Å². The fourth-order valence-corrected chi connectivity index (χ4v) is 1.76. The number of phenols is 1. The van der Waals surface area contributed by atoms with Crippen molar-refractivity contribution in [1.29, 1.82) is 0 Å². The Bertz CT molecular complexity index is 378. The molecule has 0 fully saturated rings. The molecule has 0 aromatic heterocycles. The van der Waals surface area contributed by atoms with Gasteiger partial charge >= 0.3 is 6.18 Å². The van der Waals surface area contributed by atoms with Gasteiger partial charge in [-0.1, -0.05) is 15.9 Å². The highest BCUT2D eigenvalue weighted by Gasteiger charge is 2.39. The first-order valence-electron chi connectivity index (χ1n) is 4.04. The summed E-state index contributed by atoms with van der Waals surface area (Å²) >= 11 is 3.05. The van der Waals surface area contributed by atoms with E-state index in [1.807, 2.05) is 0 Å². The van der Waals surface area contributed by atoms with Crippen molar-refractivity contribution < 1.29 is 18.3 Å². The maximum absolute atomic E-state index is 12.3. The van der Waals surface area contributed by atoms with Crippen LogP contribution in [-0.4, -0.2) is 11.3 Å². The lowest BCUT2D eigenvalue weighted by Gasteiger charge is -2.18. The lowest BCUT2D eigenvalue weighted by Crippen LogP contribution is -2.28. The molecule has 6 heteroatoms. The second-order valence-corrected chi connectivity index (χ2v) is 4.10. The first-order valence-corrected chi connectivity index (χ1v) is 4.84. The van der Waals surface area contributed by atoms with Crippen molar-refractivity contribution >= 4 is 15.9 Å². The van der Waals surface area contributed by atoms with Gasteiger partial charge < -0.3 is 10.8 Å². The van der Waals surface area contributed by atoms with Crippen molar-refractivity contribution in [3.8, 4) is 5.75 Å². The molecule has 0 radical (unpaired) electrons. The third-order valence-corrected chi connectivity index (χ3v) is 2.44. The average molecular weight is 284 g/mol. The highest BCUT2D eigenvalue weighted by Crippen LogP contribution is 2.37. The second-order valence-electron chi connectivity index (χ2n) is 3.18. The number of rotatable bonds is 1. The lowest BCUT2D eigenvalue weighted by molar-refractivity contribution is -0.149. The molecule has 0 saturated heterocycles. The molecule has 1 aromatic rings. The molecular weight excluding hydrogens is 275 g/mol. The quantitative estimate of drug-likeness (QED) is 0.832. The van der Waals surface area contributed by atoms with Crippen LogP contribution >= 0.6 is 15.9 Å². The predicted octanol–water partition coefficient (Wildman–Crippen LogP) is 3.03. The molecule has 1 rings (SSSR count). The second kappa shape index (κ2) is 4.02. The molecule has 15 heavy (non-hydrogen) atoms. The van der Waals surface area contributed by atoms with E-state index in [-0.39, 0.29) is 5.56 Å². The maximum Gasteiger partial charge on any atom is 0.407 e. The summed E-state index contributed by atoms with van der Waals surface area (Å²) in [4.78, 5) is 0. The summed E-state index contributed by atoms with van der Waals surface area (Å²) in [6.07, 6.45) is -4.56. The number of aromatic hydroxyl groups is 1. The van der Waals surface area contributed by atoms with E-state index in [0.29, 0.717) is 10.0 Å². The van der Waals surface area contributed by atoms with Crippen LogP contribution in [0.5, 0.6) is 5.75 Å². The number of hydrogen-bond acceptors (Lipinski definition) is 2. The molecule has 0 spiro atoms. The molecule has 0 aliphatic heterocycles. The van der Waals surface area contributed by atoms with E-state index < -0.39 is 18.0 Å². The van der Waals surface area contributed by atoms with Crippen molar-refractivity contribution in [2.24, 2.45) is 5.73 Å². The number of halogens is 4. The predicted molar refractivity (Wildman–Crippen MR) is 53.5 cm³/mol. The molecule has 84 valence electrons. The van der Waals surface area contributed by atoms with Gasteiger partial charge in [0.15, 0.2) is 0 Å². The van der Waals surface area contributed by atoms with Gasteiger partial charge in [0.25, 0.3) is 0 Å². The Hall–Kier alpha value is -0.750. The van der Waals surface area contributed by atoms with E-state index in [2.05, 4.69) is 15.9 Å². The standard InChI is InChI=1S/C9H9BrF3NO/c1-4-2-5(10)3-6(7(4)15)8(14)9(11,12)13/h2-3,8,15H,14H2,1H3/t8-/m0/s1. The summed E-state index contributed by atoms with van der Waals surface area (Å²) in [5.74, 6) is -0.414. The van der Waals surface area contributed by atoms with Gasteiger partial charge in [0, 0.05) is 10.0 Å². The molecule has 0 aliphatic carbocycles. The molecule has 0 aliphatic rings. The number of nitrogens with two attached hydrogens (primary N) is 1. The van der Waals surface area contributed by atoms with E-state index in [9.17, 15) is 18.3 Å². The van der Waals surface area contributed by atoms with Gasteiger partial charge in [0.1, 0.15) is 11.8 Å². The van der Waals surface area contributed by atoms with E-state index in [1.54, 1.807) is 0 Å². The van der Waals surface area contributed by atoms with E-state index in [1.165, 1.54) is 19.1 Å². The minimum atomic E-state index is -4.56. The Labute approximate surface area is 93.0 Å². The Morgan fingerprint density at radius 3 is 2.40 bits per heavy atom. The minimum Gasteiger partial charge on any atom is -0.507 e. The molecule has 2 nitrogen and oxygen atoms in total. The third-order valence-electron chi connectivity index (χ3n) is 1.98. The summed E-state index contributed by atoms with van der Waals surface area (Å²) in [7, 11) is 0. The van der Waals surface area contributed by atoms with Crippen LogP contribution in [0.2, 0.25) is 0 Å². The maximum atomic E-state index is 12.3. The highest BCUT2D eigenvalue weighted by molar-refractivity contribution is 9.10. The van der Waals surface area contributed by atoms with Crippen molar-refractivity contribution in [3.63, 3.8) is 0 Å². The highest BCUT2D eigenvalue weighted by atomic mass is 79.9. The Morgan fingerprint density at radius 2 is 1.93 bits per heavy atom. The average Bonchev–Trinajstić information content (AvgIpc) is 2.08. The van der Waals surface area contributed by atoms with Gasteiger partial charge in [0.05, 0.1) is 0 Å².